The Bertz CT molecular complexity index is 958. The van der Waals surface area contributed by atoms with Gasteiger partial charge in [0, 0.05) is 18.1 Å². The Hall–Kier alpha value is -3.15. The van der Waals surface area contributed by atoms with Gasteiger partial charge in [-0.2, -0.15) is 0 Å². The molecule has 2 aromatic rings. The molecule has 6 heteroatoms. The molecule has 2 aromatic carbocycles. The fourth-order valence-corrected chi connectivity index (χ4v) is 3.23. The number of phenolic OH excluding ortho intramolecular Hbond substituents is 1. The van der Waals surface area contributed by atoms with Crippen LogP contribution in [-0.2, 0) is 6.42 Å². The zero-order valence-electron chi connectivity index (χ0n) is 15.4. The third kappa shape index (κ3) is 3.07. The third-order valence-electron chi connectivity index (χ3n) is 4.63. The Kier molecular flexibility index (Phi) is 3.98. The molecule has 2 heterocycles. The van der Waals surface area contributed by atoms with E-state index in [4.69, 9.17) is 18.9 Å². The Morgan fingerprint density at radius 3 is 2.67 bits per heavy atom. The van der Waals surface area contributed by atoms with Crippen LogP contribution in [0.1, 0.15) is 35.3 Å². The molecule has 0 aromatic heterocycles. The van der Waals surface area contributed by atoms with Crippen LogP contribution in [0.4, 0.5) is 0 Å². The van der Waals surface area contributed by atoms with Crippen LogP contribution in [0.15, 0.2) is 30.3 Å². The van der Waals surface area contributed by atoms with Crippen molar-refractivity contribution < 1.29 is 28.8 Å². The second-order valence-electron chi connectivity index (χ2n) is 7.03. The highest BCUT2D eigenvalue weighted by Crippen LogP contribution is 2.41. The number of carbonyl (C=O) groups excluding carboxylic acids is 1. The maximum Gasteiger partial charge on any atom is 0.231 e. The van der Waals surface area contributed by atoms with E-state index in [-0.39, 0.29) is 30.3 Å². The van der Waals surface area contributed by atoms with Gasteiger partial charge in [0.1, 0.15) is 22.8 Å². The van der Waals surface area contributed by atoms with Gasteiger partial charge >= 0.3 is 0 Å². The van der Waals surface area contributed by atoms with Gasteiger partial charge in [-0.15, -0.1) is 0 Å². The van der Waals surface area contributed by atoms with Crippen LogP contribution >= 0.6 is 0 Å². The van der Waals surface area contributed by atoms with Crippen molar-refractivity contribution in [3.05, 3.63) is 47.0 Å². The van der Waals surface area contributed by atoms with E-state index in [1.54, 1.807) is 30.3 Å². The molecule has 2 aliphatic rings. The maximum absolute atomic E-state index is 12.9. The predicted octanol–water partition coefficient (Wildman–Crippen LogP) is 3.74. The van der Waals surface area contributed by atoms with Gasteiger partial charge in [0.15, 0.2) is 17.3 Å². The lowest BCUT2D eigenvalue weighted by atomic mass is 9.96. The number of aromatic hydroxyl groups is 1. The second-order valence-corrected chi connectivity index (χ2v) is 7.03. The molecule has 27 heavy (non-hydrogen) atoms. The van der Waals surface area contributed by atoms with Gasteiger partial charge in [-0.05, 0) is 44.2 Å². The van der Waals surface area contributed by atoms with Crippen molar-refractivity contribution in [3.8, 4) is 28.7 Å². The fraction of sp³-hybridized carbons (Fsp3) is 0.286. The van der Waals surface area contributed by atoms with Crippen LogP contribution in [0.5, 0.6) is 28.7 Å². The summed E-state index contributed by atoms with van der Waals surface area (Å²) in [5, 5.41) is 10.6. The number of rotatable bonds is 4. The van der Waals surface area contributed by atoms with Crippen LogP contribution in [0.2, 0.25) is 0 Å². The van der Waals surface area contributed by atoms with Gasteiger partial charge in [-0.25, -0.2) is 0 Å². The molecule has 0 amide bonds. The highest BCUT2D eigenvalue weighted by Gasteiger charge is 2.26. The van der Waals surface area contributed by atoms with E-state index in [2.05, 4.69) is 0 Å². The summed E-state index contributed by atoms with van der Waals surface area (Å²) in [5.74, 6) is 1.94. The van der Waals surface area contributed by atoms with E-state index >= 15 is 0 Å². The largest absolute Gasteiger partial charge is 0.506 e. The first-order valence-corrected chi connectivity index (χ1v) is 8.62. The van der Waals surface area contributed by atoms with Crippen LogP contribution < -0.4 is 18.9 Å². The van der Waals surface area contributed by atoms with Crippen molar-refractivity contribution in [2.75, 3.05) is 13.9 Å². The Labute approximate surface area is 156 Å². The lowest BCUT2D eigenvalue weighted by Crippen LogP contribution is -2.27. The Balaban J connectivity index is 1.65. The SMILES string of the molecule is COc1cc2c(cc1CC(=O)c1ccc3c(c1O)C=CC(C)(C)O3)OCO2. The molecule has 0 saturated heterocycles. The van der Waals surface area contributed by atoms with Gasteiger partial charge in [-0.1, -0.05) is 0 Å². The van der Waals surface area contributed by atoms with Gasteiger partial charge in [0.25, 0.3) is 0 Å². The first-order valence-electron chi connectivity index (χ1n) is 8.62. The predicted molar refractivity (Wildman–Crippen MR) is 99.0 cm³/mol. The quantitative estimate of drug-likeness (QED) is 0.829. The van der Waals surface area contributed by atoms with Crippen LogP contribution in [-0.4, -0.2) is 30.4 Å². The lowest BCUT2D eigenvalue weighted by Gasteiger charge is -2.28. The number of hydrogen-bond donors (Lipinski definition) is 1. The van der Waals surface area contributed by atoms with Crippen molar-refractivity contribution >= 4 is 11.9 Å². The van der Waals surface area contributed by atoms with Gasteiger partial charge in [-0.3, -0.25) is 4.79 Å². The topological polar surface area (TPSA) is 74.2 Å². The van der Waals surface area contributed by atoms with E-state index in [1.807, 2.05) is 19.9 Å². The summed E-state index contributed by atoms with van der Waals surface area (Å²) in [6.07, 6.45) is 3.69. The van der Waals surface area contributed by atoms with Gasteiger partial charge in [0.05, 0.1) is 18.2 Å². The van der Waals surface area contributed by atoms with Crippen molar-refractivity contribution in [2.24, 2.45) is 0 Å². The maximum atomic E-state index is 12.9. The van der Waals surface area contributed by atoms with Crippen LogP contribution in [0.25, 0.3) is 6.08 Å². The lowest BCUT2D eigenvalue weighted by molar-refractivity contribution is 0.0989. The van der Waals surface area contributed by atoms with Crippen molar-refractivity contribution in [2.45, 2.75) is 25.9 Å². The fourth-order valence-electron chi connectivity index (χ4n) is 3.23. The molecule has 0 atom stereocenters. The average molecular weight is 368 g/mol. The molecule has 140 valence electrons. The summed E-state index contributed by atoms with van der Waals surface area (Å²) in [7, 11) is 1.53. The van der Waals surface area contributed by atoms with E-state index in [9.17, 15) is 9.90 Å². The normalized spacial score (nSPS) is 15.8. The van der Waals surface area contributed by atoms with Gasteiger partial charge in [0.2, 0.25) is 6.79 Å². The molecule has 1 N–H and O–H groups in total. The summed E-state index contributed by atoms with van der Waals surface area (Å²) >= 11 is 0. The van der Waals surface area contributed by atoms with Crippen LogP contribution in [0.3, 0.4) is 0 Å². The average Bonchev–Trinajstić information content (AvgIpc) is 3.07. The Morgan fingerprint density at radius 2 is 1.93 bits per heavy atom. The summed E-state index contributed by atoms with van der Waals surface area (Å²) < 4.78 is 21.9. The zero-order chi connectivity index (χ0) is 19.2. The molecule has 0 radical (unpaired) electrons. The first-order chi connectivity index (χ1) is 12.9. The van der Waals surface area contributed by atoms with E-state index < -0.39 is 5.60 Å². The minimum atomic E-state index is -0.454. The number of fused-ring (bicyclic) bond motifs is 2. The number of benzene rings is 2. The van der Waals surface area contributed by atoms with Crippen molar-refractivity contribution in [3.63, 3.8) is 0 Å². The number of ether oxygens (including phenoxy) is 4. The molecule has 2 aliphatic heterocycles. The highest BCUT2D eigenvalue weighted by atomic mass is 16.7. The summed E-state index contributed by atoms with van der Waals surface area (Å²) in [6.45, 7) is 3.99. The number of phenols is 1. The minimum Gasteiger partial charge on any atom is -0.506 e. The monoisotopic (exact) mass is 368 g/mol. The molecule has 4 rings (SSSR count). The molecule has 0 spiro atoms. The molecule has 0 saturated carbocycles. The number of Topliss-reactive ketones (excluding diaryl/α,β-unsaturated/α-hetero) is 1. The first kappa shape index (κ1) is 17.3. The molecule has 6 nitrogen and oxygen atoms in total. The smallest absolute Gasteiger partial charge is 0.231 e. The molecule has 0 bridgehead atoms. The molecule has 0 aliphatic carbocycles. The minimum absolute atomic E-state index is 0.0578. The van der Waals surface area contributed by atoms with E-state index in [0.717, 1.165) is 0 Å². The van der Waals surface area contributed by atoms with Gasteiger partial charge < -0.3 is 24.1 Å². The van der Waals surface area contributed by atoms with Crippen molar-refractivity contribution in [1.29, 1.82) is 0 Å². The van der Waals surface area contributed by atoms with Crippen molar-refractivity contribution in [1.82, 2.24) is 0 Å². The Morgan fingerprint density at radius 1 is 1.19 bits per heavy atom. The summed E-state index contributed by atoms with van der Waals surface area (Å²) in [5.41, 5.74) is 0.959. The second kappa shape index (κ2) is 6.23. The highest BCUT2D eigenvalue weighted by molar-refractivity contribution is 6.01. The number of hydrogen-bond acceptors (Lipinski definition) is 6. The molecular formula is C21H20O6. The number of methoxy groups -OCH3 is 1. The molecule has 0 fully saturated rings. The summed E-state index contributed by atoms with van der Waals surface area (Å²) in [6, 6.07) is 6.74. The van der Waals surface area contributed by atoms with E-state index in [1.165, 1.54) is 7.11 Å². The molecular weight excluding hydrogens is 348 g/mol. The molecule has 0 unspecified atom stereocenters. The van der Waals surface area contributed by atoms with Crippen LogP contribution in [0, 0.1) is 0 Å². The number of ketones is 1. The summed E-state index contributed by atoms with van der Waals surface area (Å²) in [4.78, 5) is 12.9. The van der Waals surface area contributed by atoms with E-state index in [0.29, 0.717) is 34.1 Å². The standard InChI is InChI=1S/C21H20O6/c1-21(2)7-6-14-16(27-21)5-4-13(20(14)23)15(22)8-12-9-18-19(26-11-25-18)10-17(12)24-3/h4-7,9-10,23H,8,11H2,1-3H3. The third-order valence-corrected chi connectivity index (χ3v) is 4.63. The number of carbonyl (C=O) groups is 1. The zero-order valence-corrected chi connectivity index (χ0v) is 15.4.